The van der Waals surface area contributed by atoms with Crippen LogP contribution in [-0.2, 0) is 14.8 Å². The summed E-state index contributed by atoms with van der Waals surface area (Å²) in [5, 5.41) is 2.45. The van der Waals surface area contributed by atoms with Gasteiger partial charge in [0.2, 0.25) is 5.91 Å². The summed E-state index contributed by atoms with van der Waals surface area (Å²) >= 11 is 0. The first-order valence-electron chi connectivity index (χ1n) is 9.92. The number of sulfonamides is 1. The predicted octanol–water partition coefficient (Wildman–Crippen LogP) is 4.59. The van der Waals surface area contributed by atoms with Crippen molar-refractivity contribution in [3.05, 3.63) is 83.2 Å². The van der Waals surface area contributed by atoms with E-state index in [0.29, 0.717) is 5.69 Å². The van der Waals surface area contributed by atoms with Crippen LogP contribution in [0.2, 0.25) is 0 Å². The lowest BCUT2D eigenvalue weighted by Crippen LogP contribution is -2.38. The smallest absolute Gasteiger partial charge is 0.268 e. The van der Waals surface area contributed by atoms with Crippen LogP contribution in [0.4, 0.5) is 15.8 Å². The topological polar surface area (TPSA) is 75.7 Å². The van der Waals surface area contributed by atoms with Crippen molar-refractivity contribution < 1.29 is 22.3 Å². The molecule has 0 bridgehead atoms. The number of para-hydroxylation sites is 1. The Morgan fingerprint density at radius 1 is 1.00 bits per heavy atom. The largest absolute Gasteiger partial charge is 0.495 e. The molecule has 0 saturated carbocycles. The Balaban J connectivity index is 2.06. The number of benzene rings is 3. The van der Waals surface area contributed by atoms with Crippen molar-refractivity contribution in [1.29, 1.82) is 0 Å². The number of carbonyl (C=O) groups excluding carboxylic acids is 1. The van der Waals surface area contributed by atoms with E-state index < -0.39 is 28.3 Å². The van der Waals surface area contributed by atoms with Crippen LogP contribution >= 0.6 is 0 Å². The summed E-state index contributed by atoms with van der Waals surface area (Å²) in [6.45, 7) is 4.99. The fraction of sp³-hybridized carbons (Fsp3) is 0.208. The van der Waals surface area contributed by atoms with E-state index in [1.54, 1.807) is 43.3 Å². The number of nitrogens with one attached hydrogen (secondary N) is 1. The molecule has 0 saturated heterocycles. The molecule has 1 amide bonds. The molecule has 1 N–H and O–H groups in total. The minimum Gasteiger partial charge on any atom is -0.495 e. The van der Waals surface area contributed by atoms with Gasteiger partial charge in [0.15, 0.2) is 0 Å². The standard InChI is InChI=1S/C24H25FN2O4S/c1-16-9-12-22(31-4)23(13-16)32(29,30)27(19-11-10-17(2)18(3)14-19)15-24(28)26-21-8-6-5-7-20(21)25/h5-14H,15H2,1-4H3,(H,26,28). The number of methoxy groups -OCH3 is 1. The molecule has 0 unspecified atom stereocenters. The first-order valence-corrected chi connectivity index (χ1v) is 11.4. The molecule has 0 aliphatic carbocycles. The van der Waals surface area contributed by atoms with E-state index in [-0.39, 0.29) is 16.3 Å². The lowest BCUT2D eigenvalue weighted by molar-refractivity contribution is -0.114. The normalized spacial score (nSPS) is 11.2. The zero-order valence-electron chi connectivity index (χ0n) is 18.3. The van der Waals surface area contributed by atoms with Crippen LogP contribution in [0, 0.1) is 26.6 Å². The molecule has 0 aliphatic rings. The fourth-order valence-electron chi connectivity index (χ4n) is 3.18. The molecule has 32 heavy (non-hydrogen) atoms. The van der Waals surface area contributed by atoms with Gasteiger partial charge in [-0.1, -0.05) is 24.3 Å². The highest BCUT2D eigenvalue weighted by Gasteiger charge is 2.30. The summed E-state index contributed by atoms with van der Waals surface area (Å²) < 4.78 is 47.7. The zero-order chi connectivity index (χ0) is 23.5. The third-order valence-corrected chi connectivity index (χ3v) is 6.90. The number of aryl methyl sites for hydroxylation is 3. The van der Waals surface area contributed by atoms with E-state index in [1.165, 1.54) is 31.4 Å². The number of rotatable bonds is 7. The molecule has 0 aromatic heterocycles. The molecule has 0 fully saturated rings. The quantitative estimate of drug-likeness (QED) is 0.564. The third kappa shape index (κ3) is 4.91. The molecule has 0 heterocycles. The number of anilines is 2. The summed E-state index contributed by atoms with van der Waals surface area (Å²) in [5.74, 6) is -1.12. The van der Waals surface area contributed by atoms with E-state index >= 15 is 0 Å². The second-order valence-corrected chi connectivity index (χ2v) is 9.29. The molecular formula is C24H25FN2O4S. The highest BCUT2D eigenvalue weighted by Crippen LogP contribution is 2.31. The molecule has 8 heteroatoms. The van der Waals surface area contributed by atoms with Gasteiger partial charge in [-0.2, -0.15) is 0 Å². The van der Waals surface area contributed by atoms with E-state index in [4.69, 9.17) is 4.74 Å². The minimum atomic E-state index is -4.19. The Hall–Kier alpha value is -3.39. The molecule has 168 valence electrons. The fourth-order valence-corrected chi connectivity index (χ4v) is 4.84. The molecule has 0 aliphatic heterocycles. The second kappa shape index (κ2) is 9.40. The molecule has 0 radical (unpaired) electrons. The maximum absolute atomic E-state index is 14.0. The van der Waals surface area contributed by atoms with Crippen molar-refractivity contribution in [2.24, 2.45) is 0 Å². The number of hydrogen-bond acceptors (Lipinski definition) is 4. The summed E-state index contributed by atoms with van der Waals surface area (Å²) in [6.07, 6.45) is 0. The highest BCUT2D eigenvalue weighted by molar-refractivity contribution is 7.93. The zero-order valence-corrected chi connectivity index (χ0v) is 19.2. The lowest BCUT2D eigenvalue weighted by atomic mass is 10.1. The van der Waals surface area contributed by atoms with Crippen molar-refractivity contribution in [3.63, 3.8) is 0 Å². The number of carbonyl (C=O) groups is 1. The molecule has 3 rings (SSSR count). The van der Waals surface area contributed by atoms with Crippen molar-refractivity contribution in [3.8, 4) is 5.75 Å². The maximum Gasteiger partial charge on any atom is 0.268 e. The maximum atomic E-state index is 14.0. The predicted molar refractivity (Wildman–Crippen MR) is 123 cm³/mol. The van der Waals surface area contributed by atoms with Gasteiger partial charge in [0.05, 0.1) is 18.5 Å². The van der Waals surface area contributed by atoms with Gasteiger partial charge in [-0.15, -0.1) is 0 Å². The van der Waals surface area contributed by atoms with Crippen LogP contribution in [0.5, 0.6) is 5.75 Å². The van der Waals surface area contributed by atoms with Gasteiger partial charge in [0.1, 0.15) is 23.0 Å². The summed E-state index contributed by atoms with van der Waals surface area (Å²) in [7, 11) is -2.81. The first-order chi connectivity index (χ1) is 15.1. The van der Waals surface area contributed by atoms with Crippen LogP contribution < -0.4 is 14.4 Å². The number of ether oxygens (including phenoxy) is 1. The average molecular weight is 457 g/mol. The second-order valence-electron chi connectivity index (χ2n) is 7.46. The monoisotopic (exact) mass is 456 g/mol. The van der Waals surface area contributed by atoms with Gasteiger partial charge in [0, 0.05) is 0 Å². The summed E-state index contributed by atoms with van der Waals surface area (Å²) in [5.41, 5.74) is 2.87. The van der Waals surface area contributed by atoms with Gasteiger partial charge < -0.3 is 10.1 Å². The summed E-state index contributed by atoms with van der Waals surface area (Å²) in [4.78, 5) is 12.7. The molecule has 6 nitrogen and oxygen atoms in total. The van der Waals surface area contributed by atoms with Crippen LogP contribution in [0.3, 0.4) is 0 Å². The van der Waals surface area contributed by atoms with Crippen molar-refractivity contribution in [1.82, 2.24) is 0 Å². The highest BCUT2D eigenvalue weighted by atomic mass is 32.2. The molecule has 3 aromatic carbocycles. The molecule has 0 spiro atoms. The van der Waals surface area contributed by atoms with Gasteiger partial charge in [-0.25, -0.2) is 12.8 Å². The third-order valence-electron chi connectivity index (χ3n) is 5.10. The first kappa shape index (κ1) is 23.3. The molecular weight excluding hydrogens is 431 g/mol. The van der Waals surface area contributed by atoms with Crippen LogP contribution in [-0.4, -0.2) is 28.0 Å². The van der Waals surface area contributed by atoms with Crippen LogP contribution in [0.15, 0.2) is 65.6 Å². The Morgan fingerprint density at radius 3 is 2.38 bits per heavy atom. The number of halogens is 1. The molecule has 0 atom stereocenters. The van der Waals surface area contributed by atoms with Crippen molar-refractivity contribution in [2.75, 3.05) is 23.3 Å². The van der Waals surface area contributed by atoms with E-state index in [9.17, 15) is 17.6 Å². The van der Waals surface area contributed by atoms with Gasteiger partial charge in [0.25, 0.3) is 10.0 Å². The SMILES string of the molecule is COc1ccc(C)cc1S(=O)(=O)N(CC(=O)Nc1ccccc1F)c1ccc(C)c(C)c1. The van der Waals surface area contributed by atoms with Crippen LogP contribution in [0.25, 0.3) is 0 Å². The Bertz CT molecular complexity index is 1260. The molecule has 3 aromatic rings. The van der Waals surface area contributed by atoms with Gasteiger partial charge in [-0.05, 0) is 73.9 Å². The van der Waals surface area contributed by atoms with Crippen molar-refractivity contribution in [2.45, 2.75) is 25.7 Å². The Labute approximate surface area is 187 Å². The summed E-state index contributed by atoms with van der Waals surface area (Å²) in [6, 6.07) is 15.6. The Morgan fingerprint density at radius 2 is 1.72 bits per heavy atom. The lowest BCUT2D eigenvalue weighted by Gasteiger charge is -2.26. The number of amides is 1. The van der Waals surface area contributed by atoms with E-state index in [2.05, 4.69) is 5.32 Å². The Kier molecular flexibility index (Phi) is 6.84. The van der Waals surface area contributed by atoms with Gasteiger partial charge >= 0.3 is 0 Å². The number of nitrogens with zero attached hydrogens (tertiary/aromatic N) is 1. The van der Waals surface area contributed by atoms with Gasteiger partial charge in [-0.3, -0.25) is 9.10 Å². The van der Waals surface area contributed by atoms with Crippen LogP contribution in [0.1, 0.15) is 16.7 Å². The van der Waals surface area contributed by atoms with E-state index in [0.717, 1.165) is 21.0 Å². The van der Waals surface area contributed by atoms with E-state index in [1.807, 2.05) is 13.8 Å². The van der Waals surface area contributed by atoms with Crippen molar-refractivity contribution >= 4 is 27.3 Å². The average Bonchev–Trinajstić information content (AvgIpc) is 2.75. The number of hydrogen-bond donors (Lipinski definition) is 1. The minimum absolute atomic E-state index is 0.0249.